The van der Waals surface area contributed by atoms with Crippen molar-refractivity contribution in [3.05, 3.63) is 47.9 Å². The first-order valence-electron chi connectivity index (χ1n) is 4.81. The Balaban J connectivity index is 2.05. The molecule has 0 aliphatic rings. The normalized spacial score (nSPS) is 10.2. The fourth-order valence-corrected chi connectivity index (χ4v) is 1.44. The minimum absolute atomic E-state index is 0.288. The molecule has 1 aromatic heterocycles. The summed E-state index contributed by atoms with van der Waals surface area (Å²) in [7, 11) is 0. The summed E-state index contributed by atoms with van der Waals surface area (Å²) in [4.78, 5) is 0. The number of furan rings is 1. The first-order valence-corrected chi connectivity index (χ1v) is 4.81. The van der Waals surface area contributed by atoms with E-state index >= 15 is 0 Å². The van der Waals surface area contributed by atoms with Crippen LogP contribution >= 0.6 is 0 Å². The standard InChI is InChI=1S/C12H13NO2/c1-9-7-10(14)4-5-12(9)13-8-11-3-2-6-15-11/h2-7,13-14H,8H2,1H3. The van der Waals surface area contributed by atoms with Crippen molar-refractivity contribution in [2.24, 2.45) is 0 Å². The summed E-state index contributed by atoms with van der Waals surface area (Å²) >= 11 is 0. The summed E-state index contributed by atoms with van der Waals surface area (Å²) in [5.74, 6) is 1.18. The largest absolute Gasteiger partial charge is 0.508 e. The average Bonchev–Trinajstić information content (AvgIpc) is 2.69. The van der Waals surface area contributed by atoms with Crippen LogP contribution in [0, 0.1) is 6.92 Å². The topological polar surface area (TPSA) is 45.4 Å². The van der Waals surface area contributed by atoms with Gasteiger partial charge in [-0.2, -0.15) is 0 Å². The van der Waals surface area contributed by atoms with Gasteiger partial charge in [-0.25, -0.2) is 0 Å². The molecule has 0 amide bonds. The number of phenols is 1. The van der Waals surface area contributed by atoms with Gasteiger partial charge < -0.3 is 14.8 Å². The molecule has 0 unspecified atom stereocenters. The van der Waals surface area contributed by atoms with Gasteiger partial charge >= 0.3 is 0 Å². The summed E-state index contributed by atoms with van der Waals surface area (Å²) in [6.45, 7) is 2.60. The highest BCUT2D eigenvalue weighted by molar-refractivity contribution is 5.53. The Bertz CT molecular complexity index is 435. The van der Waals surface area contributed by atoms with Crippen molar-refractivity contribution in [3.8, 4) is 5.75 Å². The van der Waals surface area contributed by atoms with Crippen molar-refractivity contribution in [3.63, 3.8) is 0 Å². The zero-order valence-electron chi connectivity index (χ0n) is 8.53. The van der Waals surface area contributed by atoms with Gasteiger partial charge in [0.1, 0.15) is 11.5 Å². The number of phenolic OH excluding ortho intramolecular Hbond substituents is 1. The summed E-state index contributed by atoms with van der Waals surface area (Å²) in [5.41, 5.74) is 2.02. The first-order chi connectivity index (χ1) is 7.25. The summed E-state index contributed by atoms with van der Waals surface area (Å²) in [6, 6.07) is 9.03. The summed E-state index contributed by atoms with van der Waals surface area (Å²) in [6.07, 6.45) is 1.65. The van der Waals surface area contributed by atoms with Crippen LogP contribution in [-0.2, 0) is 6.54 Å². The summed E-state index contributed by atoms with van der Waals surface area (Å²) < 4.78 is 5.21. The second-order valence-electron chi connectivity index (χ2n) is 3.43. The number of nitrogens with one attached hydrogen (secondary N) is 1. The molecule has 0 aliphatic heterocycles. The highest BCUT2D eigenvalue weighted by Crippen LogP contribution is 2.20. The molecule has 2 aromatic rings. The van der Waals surface area contributed by atoms with Crippen molar-refractivity contribution in [1.82, 2.24) is 0 Å². The smallest absolute Gasteiger partial charge is 0.122 e. The van der Waals surface area contributed by atoms with Crippen molar-refractivity contribution < 1.29 is 9.52 Å². The van der Waals surface area contributed by atoms with Crippen molar-refractivity contribution in [2.75, 3.05) is 5.32 Å². The lowest BCUT2D eigenvalue weighted by molar-refractivity contribution is 0.475. The summed E-state index contributed by atoms with van der Waals surface area (Å²) in [5, 5.41) is 12.5. The third-order valence-electron chi connectivity index (χ3n) is 2.24. The fourth-order valence-electron chi connectivity index (χ4n) is 1.44. The molecule has 0 saturated heterocycles. The molecule has 0 bridgehead atoms. The van der Waals surface area contributed by atoms with Crippen LogP contribution in [0.15, 0.2) is 41.0 Å². The quantitative estimate of drug-likeness (QED) is 0.754. The van der Waals surface area contributed by atoms with Gasteiger partial charge in [0.05, 0.1) is 12.8 Å². The second-order valence-corrected chi connectivity index (χ2v) is 3.43. The van der Waals surface area contributed by atoms with Gasteiger partial charge in [0.15, 0.2) is 0 Å². The van der Waals surface area contributed by atoms with E-state index < -0.39 is 0 Å². The fraction of sp³-hybridized carbons (Fsp3) is 0.167. The van der Waals surface area contributed by atoms with Gasteiger partial charge in [0, 0.05) is 5.69 Å². The number of anilines is 1. The molecular formula is C12H13NO2. The monoisotopic (exact) mass is 203 g/mol. The predicted molar refractivity (Wildman–Crippen MR) is 58.9 cm³/mol. The predicted octanol–water partition coefficient (Wildman–Crippen LogP) is 2.91. The molecule has 1 heterocycles. The van der Waals surface area contributed by atoms with E-state index in [1.165, 1.54) is 0 Å². The zero-order chi connectivity index (χ0) is 10.7. The van der Waals surface area contributed by atoms with Crippen LogP contribution in [0.4, 0.5) is 5.69 Å². The maximum absolute atomic E-state index is 9.24. The Morgan fingerprint density at radius 3 is 2.87 bits per heavy atom. The highest BCUT2D eigenvalue weighted by Gasteiger charge is 2.00. The Morgan fingerprint density at radius 1 is 1.33 bits per heavy atom. The molecule has 0 aliphatic carbocycles. The zero-order valence-corrected chi connectivity index (χ0v) is 8.53. The van der Waals surface area contributed by atoms with Crippen LogP contribution in [0.25, 0.3) is 0 Å². The molecule has 0 spiro atoms. The second kappa shape index (κ2) is 4.09. The van der Waals surface area contributed by atoms with E-state index in [1.54, 1.807) is 18.4 Å². The number of hydrogen-bond acceptors (Lipinski definition) is 3. The van der Waals surface area contributed by atoms with Gasteiger partial charge in [-0.1, -0.05) is 0 Å². The number of rotatable bonds is 3. The van der Waals surface area contributed by atoms with Crippen LogP contribution in [0.5, 0.6) is 5.75 Å². The van der Waals surface area contributed by atoms with Crippen LogP contribution in [0.3, 0.4) is 0 Å². The molecule has 3 heteroatoms. The Labute approximate surface area is 88.4 Å². The van der Waals surface area contributed by atoms with Crippen molar-refractivity contribution in [1.29, 1.82) is 0 Å². The van der Waals surface area contributed by atoms with Gasteiger partial charge in [0.25, 0.3) is 0 Å². The van der Waals surface area contributed by atoms with E-state index in [2.05, 4.69) is 5.32 Å². The van der Waals surface area contributed by atoms with E-state index in [-0.39, 0.29) is 5.75 Å². The molecular weight excluding hydrogens is 190 g/mol. The molecule has 0 atom stereocenters. The third-order valence-corrected chi connectivity index (χ3v) is 2.24. The lowest BCUT2D eigenvalue weighted by atomic mass is 10.2. The number of aryl methyl sites for hydroxylation is 1. The molecule has 78 valence electrons. The van der Waals surface area contributed by atoms with Crippen molar-refractivity contribution in [2.45, 2.75) is 13.5 Å². The van der Waals surface area contributed by atoms with E-state index in [9.17, 15) is 5.11 Å². The minimum Gasteiger partial charge on any atom is -0.508 e. The van der Waals surface area contributed by atoms with Crippen LogP contribution < -0.4 is 5.32 Å². The third kappa shape index (κ3) is 2.31. The molecule has 3 nitrogen and oxygen atoms in total. The maximum atomic E-state index is 9.24. The lowest BCUT2D eigenvalue weighted by Gasteiger charge is -2.08. The molecule has 2 rings (SSSR count). The van der Waals surface area contributed by atoms with Crippen LogP contribution in [0.2, 0.25) is 0 Å². The lowest BCUT2D eigenvalue weighted by Crippen LogP contribution is -1.99. The van der Waals surface area contributed by atoms with E-state index in [0.717, 1.165) is 17.0 Å². The average molecular weight is 203 g/mol. The number of benzene rings is 1. The molecule has 0 radical (unpaired) electrons. The van der Waals surface area contributed by atoms with E-state index in [4.69, 9.17) is 4.42 Å². The molecule has 15 heavy (non-hydrogen) atoms. The van der Waals surface area contributed by atoms with Gasteiger partial charge in [0.2, 0.25) is 0 Å². The first kappa shape index (κ1) is 9.65. The number of aromatic hydroxyl groups is 1. The van der Waals surface area contributed by atoms with Gasteiger partial charge in [-0.15, -0.1) is 0 Å². The maximum Gasteiger partial charge on any atom is 0.122 e. The Morgan fingerprint density at radius 2 is 2.20 bits per heavy atom. The van der Waals surface area contributed by atoms with E-state index in [1.807, 2.05) is 25.1 Å². The van der Waals surface area contributed by atoms with E-state index in [0.29, 0.717) is 6.54 Å². The molecule has 2 N–H and O–H groups in total. The van der Waals surface area contributed by atoms with Crippen LogP contribution in [-0.4, -0.2) is 5.11 Å². The molecule has 1 aromatic carbocycles. The van der Waals surface area contributed by atoms with Crippen LogP contribution in [0.1, 0.15) is 11.3 Å². The van der Waals surface area contributed by atoms with Gasteiger partial charge in [-0.3, -0.25) is 0 Å². The Hall–Kier alpha value is -1.90. The minimum atomic E-state index is 0.288. The highest BCUT2D eigenvalue weighted by atomic mass is 16.3. The molecule has 0 saturated carbocycles. The Kier molecular flexibility index (Phi) is 2.63. The number of hydrogen-bond donors (Lipinski definition) is 2. The molecule has 0 fully saturated rings. The SMILES string of the molecule is Cc1cc(O)ccc1NCc1ccco1. The van der Waals surface area contributed by atoms with Gasteiger partial charge in [-0.05, 0) is 42.8 Å². The van der Waals surface area contributed by atoms with Crippen molar-refractivity contribution >= 4 is 5.69 Å².